The Bertz CT molecular complexity index is 3260. The average molecular weight is 991 g/mol. The van der Waals surface area contributed by atoms with E-state index in [1.54, 1.807) is 0 Å². The molecule has 2 fully saturated rings. The maximum Gasteiger partial charge on any atom is 0.301 e. The van der Waals surface area contributed by atoms with Crippen molar-refractivity contribution in [2.75, 3.05) is 43.5 Å². The van der Waals surface area contributed by atoms with E-state index in [0.717, 1.165) is 82.8 Å². The number of carbonyl (C=O) groups is 2. The maximum absolute atomic E-state index is 13.8. The molecular formula is C51H50N12O4S3. The number of thiazole rings is 2. The third-order valence-corrected chi connectivity index (χ3v) is 15.9. The molecule has 2 aliphatic heterocycles. The van der Waals surface area contributed by atoms with Crippen molar-refractivity contribution < 1.29 is 14.3 Å². The molecule has 3 aromatic carbocycles. The number of anilines is 2. The van der Waals surface area contributed by atoms with E-state index in [2.05, 4.69) is 59.4 Å². The molecule has 8 aromatic rings. The minimum absolute atomic E-state index is 0.0465. The molecule has 0 unspecified atom stereocenters. The Morgan fingerprint density at radius 1 is 0.871 bits per heavy atom. The third kappa shape index (κ3) is 9.80. The van der Waals surface area contributed by atoms with Crippen molar-refractivity contribution in [1.82, 2.24) is 40.7 Å². The second kappa shape index (κ2) is 20.2. The van der Waals surface area contributed by atoms with Crippen LogP contribution < -0.4 is 32.1 Å². The Balaban J connectivity index is 0.635. The number of ether oxygens (including phenoxy) is 1. The van der Waals surface area contributed by atoms with Gasteiger partial charge >= 0.3 is 5.56 Å². The quantitative estimate of drug-likeness (QED) is 0.0460. The zero-order valence-electron chi connectivity index (χ0n) is 38.1. The molecule has 2 saturated heterocycles. The SMILES string of the molecule is Nc1c(C(=O)N[C@H]2CCc3cc(N4C[C@H]5CC[C@@H](C4)N5)ccc3C2)sc2nc(CCCOCCNC(=O)c3cnc(N=Nc4c(-c5ccccc5)[nH]n(-c5nc(-c6ccccc6)cs5)c4=O)s3)ccc12. The van der Waals surface area contributed by atoms with Crippen LogP contribution in [0, 0.1) is 0 Å². The van der Waals surface area contributed by atoms with Crippen LogP contribution in [0.5, 0.6) is 0 Å². The Morgan fingerprint density at radius 2 is 1.67 bits per heavy atom. The molecule has 6 N–H and O–H groups in total. The number of hydrogen-bond acceptors (Lipinski definition) is 15. The number of hydrogen-bond donors (Lipinski definition) is 5. The van der Waals surface area contributed by atoms with Gasteiger partial charge in [0.15, 0.2) is 5.69 Å². The number of piperazine rings is 1. The molecule has 2 amide bonds. The van der Waals surface area contributed by atoms with Gasteiger partial charge in [0.05, 0.1) is 29.9 Å². The summed E-state index contributed by atoms with van der Waals surface area (Å²) in [6.07, 6.45) is 8.01. The molecule has 11 rings (SSSR count). The topological polar surface area (TPSA) is 210 Å². The van der Waals surface area contributed by atoms with Crippen molar-refractivity contribution in [2.24, 2.45) is 10.2 Å². The number of aromatic nitrogens is 5. The molecule has 7 heterocycles. The first-order valence-electron chi connectivity index (χ1n) is 23.6. The van der Waals surface area contributed by atoms with Crippen LogP contribution >= 0.6 is 34.0 Å². The van der Waals surface area contributed by atoms with Crippen LogP contribution in [0.4, 0.5) is 22.2 Å². The molecule has 70 heavy (non-hydrogen) atoms. The van der Waals surface area contributed by atoms with E-state index in [1.165, 1.54) is 63.2 Å². The number of aromatic amines is 1. The lowest BCUT2D eigenvalue weighted by atomic mass is 9.87. The lowest BCUT2D eigenvalue weighted by Crippen LogP contribution is -2.51. The second-order valence-electron chi connectivity index (χ2n) is 17.8. The number of nitrogen functional groups attached to an aromatic ring is 1. The zero-order valence-corrected chi connectivity index (χ0v) is 40.5. The normalized spacial score (nSPS) is 17.6. The number of pyridine rings is 1. The molecule has 19 heteroatoms. The van der Waals surface area contributed by atoms with Gasteiger partial charge in [0.2, 0.25) is 10.3 Å². The number of nitrogens with two attached hydrogens (primary N) is 1. The smallest absolute Gasteiger partial charge is 0.301 e. The van der Waals surface area contributed by atoms with Gasteiger partial charge in [0, 0.05) is 77.6 Å². The van der Waals surface area contributed by atoms with Crippen LogP contribution in [-0.4, -0.2) is 87.5 Å². The fourth-order valence-electron chi connectivity index (χ4n) is 9.52. The monoisotopic (exact) mass is 990 g/mol. The molecule has 0 radical (unpaired) electrons. The maximum atomic E-state index is 13.8. The minimum Gasteiger partial charge on any atom is -0.397 e. The third-order valence-electron chi connectivity index (χ3n) is 13.1. The first kappa shape index (κ1) is 45.5. The Morgan fingerprint density at radius 3 is 2.49 bits per heavy atom. The molecule has 1 aliphatic carbocycles. The van der Waals surface area contributed by atoms with Gasteiger partial charge in [-0.1, -0.05) is 78.1 Å². The molecule has 0 spiro atoms. The van der Waals surface area contributed by atoms with Gasteiger partial charge in [-0.3, -0.25) is 19.5 Å². The summed E-state index contributed by atoms with van der Waals surface area (Å²) in [7, 11) is 0. The van der Waals surface area contributed by atoms with Crippen LogP contribution in [0.1, 0.15) is 61.8 Å². The minimum atomic E-state index is -0.418. The highest BCUT2D eigenvalue weighted by molar-refractivity contribution is 7.21. The number of carbonyl (C=O) groups excluding carboxylic acids is 2. The number of rotatable bonds is 16. The van der Waals surface area contributed by atoms with Gasteiger partial charge in [0.25, 0.3) is 11.8 Å². The van der Waals surface area contributed by atoms with E-state index in [-0.39, 0.29) is 28.7 Å². The van der Waals surface area contributed by atoms with Gasteiger partial charge in [-0.2, -0.15) is 4.68 Å². The van der Waals surface area contributed by atoms with E-state index in [4.69, 9.17) is 20.4 Å². The highest BCUT2D eigenvalue weighted by atomic mass is 32.1. The fourth-order valence-corrected chi connectivity index (χ4v) is 12.0. The van der Waals surface area contributed by atoms with Crippen LogP contribution in [0.15, 0.2) is 118 Å². The largest absolute Gasteiger partial charge is 0.397 e. The summed E-state index contributed by atoms with van der Waals surface area (Å²) in [6, 6.07) is 31.2. The summed E-state index contributed by atoms with van der Waals surface area (Å²) in [6.45, 7) is 3.24. The van der Waals surface area contributed by atoms with Crippen molar-refractivity contribution in [3.8, 4) is 27.6 Å². The fraction of sp³-hybridized carbons (Fsp3) is 0.294. The van der Waals surface area contributed by atoms with Gasteiger partial charge < -0.3 is 31.3 Å². The predicted octanol–water partition coefficient (Wildman–Crippen LogP) is 8.63. The van der Waals surface area contributed by atoms with Crippen LogP contribution in [0.2, 0.25) is 0 Å². The van der Waals surface area contributed by atoms with E-state index in [0.29, 0.717) is 64.5 Å². The van der Waals surface area contributed by atoms with E-state index < -0.39 is 5.56 Å². The van der Waals surface area contributed by atoms with Crippen molar-refractivity contribution in [3.63, 3.8) is 0 Å². The summed E-state index contributed by atoms with van der Waals surface area (Å²) < 4.78 is 7.20. The number of H-pyrrole nitrogens is 1. The number of fused-ring (bicyclic) bond motifs is 4. The molecule has 16 nitrogen and oxygen atoms in total. The van der Waals surface area contributed by atoms with Crippen LogP contribution in [0.3, 0.4) is 0 Å². The highest BCUT2D eigenvalue weighted by Gasteiger charge is 2.33. The van der Waals surface area contributed by atoms with Gasteiger partial charge in [0.1, 0.15) is 14.6 Å². The van der Waals surface area contributed by atoms with E-state index in [1.807, 2.05) is 78.2 Å². The second-order valence-corrected chi connectivity index (χ2v) is 20.7. The number of nitrogens with one attached hydrogen (secondary N) is 4. The predicted molar refractivity (Wildman–Crippen MR) is 277 cm³/mol. The van der Waals surface area contributed by atoms with E-state index in [9.17, 15) is 14.4 Å². The van der Waals surface area contributed by atoms with Crippen molar-refractivity contribution in [2.45, 2.75) is 63.1 Å². The molecule has 3 aliphatic rings. The summed E-state index contributed by atoms with van der Waals surface area (Å²) in [5.74, 6) is -0.459. The number of benzene rings is 3. The Kier molecular flexibility index (Phi) is 13.1. The Hall–Kier alpha value is -6.90. The van der Waals surface area contributed by atoms with Crippen molar-refractivity contribution in [3.05, 3.63) is 140 Å². The number of amides is 2. The number of aryl methyl sites for hydroxylation is 2. The molecule has 5 aromatic heterocycles. The summed E-state index contributed by atoms with van der Waals surface area (Å²) >= 11 is 3.74. The van der Waals surface area contributed by atoms with Crippen LogP contribution in [-0.2, 0) is 24.0 Å². The number of nitrogens with zero attached hydrogens (tertiary/aromatic N) is 7. The lowest BCUT2D eigenvalue weighted by molar-refractivity contribution is 0.0914. The van der Waals surface area contributed by atoms with Crippen molar-refractivity contribution in [1.29, 1.82) is 0 Å². The summed E-state index contributed by atoms with van der Waals surface area (Å²) in [5.41, 5.74) is 14.5. The van der Waals surface area contributed by atoms with Gasteiger partial charge in [-0.25, -0.2) is 15.0 Å². The standard InChI is InChI=1S/C51H50N12O4S3/c52-42-39-20-18-34(57-48(39)70-45(42)47(65)56-35-15-13-33-25-38(19-14-32(33)24-35)62-27-36-16-17-37(28-62)55-36)12-7-22-67-23-21-53-46(64)41-26-54-50(69-41)60-59-44-43(31-10-5-2-6-11-31)61-63(49(44)66)51-58-40(29-68-51)30-8-3-1-4-9-30/h1-6,8-11,14,18-20,25-26,29,35-37,55,61H,7,12-13,15-17,21-24,27-28,52H2,(H,53,64)(H,56,65)/t35-,36-,37+/m0/s1. The summed E-state index contributed by atoms with van der Waals surface area (Å²) in [5, 5.41) is 25.0. The zero-order chi connectivity index (χ0) is 47.6. The molecule has 3 atom stereocenters. The average Bonchev–Trinajstić information content (AvgIpc) is 4.25. The Labute approximate surface area is 415 Å². The first-order valence-corrected chi connectivity index (χ1v) is 26.1. The lowest BCUT2D eigenvalue weighted by Gasteiger charge is -2.35. The molecule has 2 bridgehead atoms. The molecule has 356 valence electrons. The van der Waals surface area contributed by atoms with E-state index >= 15 is 0 Å². The van der Waals surface area contributed by atoms with Gasteiger partial charge in [-0.05, 0) is 80.3 Å². The van der Waals surface area contributed by atoms with Gasteiger partial charge in [-0.15, -0.1) is 32.9 Å². The highest BCUT2D eigenvalue weighted by Crippen LogP contribution is 2.35. The molecular weight excluding hydrogens is 941 g/mol. The summed E-state index contributed by atoms with van der Waals surface area (Å²) in [4.78, 5) is 58.3. The first-order chi connectivity index (χ1) is 34.3. The number of thiophene rings is 1. The number of azo groups is 1. The molecule has 0 saturated carbocycles. The van der Waals surface area contributed by atoms with Crippen LogP contribution in [0.25, 0.3) is 37.9 Å². The van der Waals surface area contributed by atoms with Crippen molar-refractivity contribution >= 4 is 78.2 Å².